The predicted molar refractivity (Wildman–Crippen MR) is 62.0 cm³/mol. The molecule has 1 radical (unpaired) electrons. The van der Waals surface area contributed by atoms with Crippen LogP contribution in [0.3, 0.4) is 0 Å². The predicted octanol–water partition coefficient (Wildman–Crippen LogP) is 3.25. The van der Waals surface area contributed by atoms with Crippen LogP contribution in [-0.4, -0.2) is 21.4 Å². The molecule has 1 atom stereocenters. The van der Waals surface area contributed by atoms with Gasteiger partial charge in [-0.25, -0.2) is 0 Å². The van der Waals surface area contributed by atoms with Crippen LogP contribution in [-0.2, 0) is 9.53 Å². The van der Waals surface area contributed by atoms with E-state index in [-0.39, 0.29) is 11.5 Å². The van der Waals surface area contributed by atoms with Gasteiger partial charge >= 0.3 is 5.97 Å². The number of rotatable bonds is 7. The lowest BCUT2D eigenvalue weighted by molar-refractivity contribution is -0.143. The fourth-order valence-corrected chi connectivity index (χ4v) is 2.82. The molecule has 0 aromatic carbocycles. The van der Waals surface area contributed by atoms with Gasteiger partial charge in [0.25, 0.3) is 0 Å². The maximum atomic E-state index is 11.6. The molecule has 3 heteroatoms. The first-order valence-electron chi connectivity index (χ1n) is 5.60. The number of carbonyl (C=O) groups is 1. The van der Waals surface area contributed by atoms with Crippen LogP contribution in [0.1, 0.15) is 39.5 Å². The zero-order chi connectivity index (χ0) is 11.0. The van der Waals surface area contributed by atoms with Crippen molar-refractivity contribution in [3.63, 3.8) is 0 Å². The maximum Gasteiger partial charge on any atom is 0.305 e. The van der Waals surface area contributed by atoms with Crippen LogP contribution in [0.4, 0.5) is 0 Å². The summed E-state index contributed by atoms with van der Waals surface area (Å²) in [4.78, 5) is 11.6. The number of hydrogen-bond donors (Lipinski definition) is 0. The molecule has 0 aliphatic carbocycles. The van der Waals surface area contributed by atoms with E-state index in [1.807, 2.05) is 6.92 Å². The second-order valence-corrected chi connectivity index (χ2v) is 6.73. The summed E-state index contributed by atoms with van der Waals surface area (Å²) in [6, 6.07) is 0. The Labute approximate surface area is 89.6 Å². The summed E-state index contributed by atoms with van der Waals surface area (Å²) in [6.45, 7) is 8.95. The Kier molecular flexibility index (Phi) is 7.85. The number of hydrogen-bond acceptors (Lipinski definition) is 2. The van der Waals surface area contributed by atoms with Gasteiger partial charge in [0.1, 0.15) is 0 Å². The molecule has 0 aromatic rings. The zero-order valence-electron chi connectivity index (χ0n) is 9.93. The SMILES string of the molecule is CCCCCC(C(=O)OCC)[Si](C)C. The van der Waals surface area contributed by atoms with Crippen molar-refractivity contribution in [1.29, 1.82) is 0 Å². The van der Waals surface area contributed by atoms with Gasteiger partial charge in [-0.15, -0.1) is 0 Å². The number of ether oxygens (including phenoxy) is 1. The van der Waals surface area contributed by atoms with E-state index in [0.717, 1.165) is 12.8 Å². The third-order valence-electron chi connectivity index (χ3n) is 2.36. The second kappa shape index (κ2) is 8.03. The fraction of sp³-hybridized carbons (Fsp3) is 0.909. The van der Waals surface area contributed by atoms with Crippen molar-refractivity contribution in [3.8, 4) is 0 Å². The Morgan fingerprint density at radius 3 is 2.36 bits per heavy atom. The zero-order valence-corrected chi connectivity index (χ0v) is 10.9. The normalized spacial score (nSPS) is 12.9. The van der Waals surface area contributed by atoms with Crippen LogP contribution < -0.4 is 0 Å². The monoisotopic (exact) mass is 215 g/mol. The Morgan fingerprint density at radius 2 is 1.93 bits per heavy atom. The first-order chi connectivity index (χ1) is 6.63. The van der Waals surface area contributed by atoms with Crippen molar-refractivity contribution in [2.75, 3.05) is 6.61 Å². The molecule has 83 valence electrons. The summed E-state index contributed by atoms with van der Waals surface area (Å²) in [6.07, 6.45) is 4.62. The van der Waals surface area contributed by atoms with Gasteiger partial charge in [-0.2, -0.15) is 0 Å². The van der Waals surface area contributed by atoms with E-state index in [9.17, 15) is 4.79 Å². The van der Waals surface area contributed by atoms with Crippen LogP contribution in [0.5, 0.6) is 0 Å². The average Bonchev–Trinajstić information content (AvgIpc) is 2.12. The molecule has 0 spiro atoms. The van der Waals surface area contributed by atoms with Crippen molar-refractivity contribution < 1.29 is 9.53 Å². The van der Waals surface area contributed by atoms with Crippen LogP contribution in [0.15, 0.2) is 0 Å². The summed E-state index contributed by atoms with van der Waals surface area (Å²) in [7, 11) is -0.549. The van der Waals surface area contributed by atoms with Gasteiger partial charge in [0.05, 0.1) is 15.4 Å². The summed E-state index contributed by atoms with van der Waals surface area (Å²) >= 11 is 0. The van der Waals surface area contributed by atoms with Gasteiger partial charge in [-0.3, -0.25) is 4.79 Å². The molecule has 0 saturated heterocycles. The number of esters is 1. The quantitative estimate of drug-likeness (QED) is 0.370. The second-order valence-electron chi connectivity index (χ2n) is 3.88. The van der Waals surface area contributed by atoms with Gasteiger partial charge in [-0.05, 0) is 13.3 Å². The molecule has 2 nitrogen and oxygen atoms in total. The molecular formula is C11H23O2Si. The van der Waals surface area contributed by atoms with Crippen molar-refractivity contribution in [1.82, 2.24) is 0 Å². The molecule has 0 fully saturated rings. The maximum absolute atomic E-state index is 11.6. The molecule has 0 heterocycles. The van der Waals surface area contributed by atoms with E-state index >= 15 is 0 Å². The lowest BCUT2D eigenvalue weighted by Gasteiger charge is -2.17. The Balaban J connectivity index is 3.95. The molecule has 0 bridgehead atoms. The van der Waals surface area contributed by atoms with E-state index in [4.69, 9.17) is 4.74 Å². The fourth-order valence-electron chi connectivity index (χ4n) is 1.48. The highest BCUT2D eigenvalue weighted by Gasteiger charge is 2.23. The van der Waals surface area contributed by atoms with Gasteiger partial charge < -0.3 is 4.74 Å². The minimum absolute atomic E-state index is 0.0301. The van der Waals surface area contributed by atoms with Gasteiger partial charge in [-0.1, -0.05) is 39.3 Å². The lowest BCUT2D eigenvalue weighted by Crippen LogP contribution is -2.23. The molecular weight excluding hydrogens is 192 g/mol. The summed E-state index contributed by atoms with van der Waals surface area (Å²) < 4.78 is 5.08. The average molecular weight is 215 g/mol. The Hall–Kier alpha value is -0.313. The molecule has 1 unspecified atom stereocenters. The topological polar surface area (TPSA) is 26.3 Å². The number of unbranched alkanes of at least 4 members (excludes halogenated alkanes) is 2. The minimum atomic E-state index is -0.549. The molecule has 0 aromatic heterocycles. The molecule has 0 aliphatic heterocycles. The smallest absolute Gasteiger partial charge is 0.305 e. The largest absolute Gasteiger partial charge is 0.466 e. The first-order valence-corrected chi connectivity index (χ1v) is 8.17. The highest BCUT2D eigenvalue weighted by Crippen LogP contribution is 2.21. The summed E-state index contributed by atoms with van der Waals surface area (Å²) in [5.41, 5.74) is 0.200. The molecule has 0 amide bonds. The van der Waals surface area contributed by atoms with Crippen molar-refractivity contribution in [3.05, 3.63) is 0 Å². The van der Waals surface area contributed by atoms with E-state index in [1.165, 1.54) is 12.8 Å². The summed E-state index contributed by atoms with van der Waals surface area (Å²) in [5, 5.41) is 0. The van der Waals surface area contributed by atoms with Crippen LogP contribution in [0.25, 0.3) is 0 Å². The van der Waals surface area contributed by atoms with Crippen molar-refractivity contribution in [2.45, 2.75) is 58.2 Å². The van der Waals surface area contributed by atoms with Crippen LogP contribution in [0.2, 0.25) is 18.6 Å². The standard InChI is InChI=1S/C11H23O2Si/c1-5-7-8-9-10(14(3)4)11(12)13-6-2/h10H,5-9H2,1-4H3. The highest BCUT2D eigenvalue weighted by molar-refractivity contribution is 6.61. The van der Waals surface area contributed by atoms with Crippen molar-refractivity contribution >= 4 is 14.8 Å². The van der Waals surface area contributed by atoms with E-state index in [0.29, 0.717) is 6.61 Å². The minimum Gasteiger partial charge on any atom is -0.466 e. The molecule has 0 rings (SSSR count). The molecule has 0 saturated carbocycles. The molecule has 0 N–H and O–H groups in total. The summed E-state index contributed by atoms with van der Waals surface area (Å²) in [5.74, 6) is 0.0301. The molecule has 14 heavy (non-hydrogen) atoms. The highest BCUT2D eigenvalue weighted by atomic mass is 28.3. The van der Waals surface area contributed by atoms with Gasteiger partial charge in [0.15, 0.2) is 0 Å². The van der Waals surface area contributed by atoms with Crippen LogP contribution in [0, 0.1) is 0 Å². The van der Waals surface area contributed by atoms with E-state index in [2.05, 4.69) is 20.0 Å². The third-order valence-corrected chi connectivity index (χ3v) is 4.28. The van der Waals surface area contributed by atoms with Crippen molar-refractivity contribution in [2.24, 2.45) is 0 Å². The third kappa shape index (κ3) is 5.42. The lowest BCUT2D eigenvalue weighted by atomic mass is 10.1. The van der Waals surface area contributed by atoms with Crippen LogP contribution >= 0.6 is 0 Å². The van der Waals surface area contributed by atoms with Gasteiger partial charge in [0, 0.05) is 5.54 Å². The Morgan fingerprint density at radius 1 is 1.29 bits per heavy atom. The first kappa shape index (κ1) is 13.7. The van der Waals surface area contributed by atoms with E-state index in [1.54, 1.807) is 0 Å². The van der Waals surface area contributed by atoms with E-state index < -0.39 is 8.80 Å². The number of carbonyl (C=O) groups excluding carboxylic acids is 1. The molecule has 0 aliphatic rings. The Bertz CT molecular complexity index is 157. The van der Waals surface area contributed by atoms with Gasteiger partial charge in [0.2, 0.25) is 0 Å².